The number of amides is 3. The molecule has 0 aromatic heterocycles. The maximum Gasteiger partial charge on any atom is 0.325 e. The largest absolute Gasteiger partial charge is 0.480 e. The summed E-state index contributed by atoms with van der Waals surface area (Å²) < 4.78 is 0. The van der Waals surface area contributed by atoms with Crippen molar-refractivity contribution in [3.63, 3.8) is 0 Å². The molecule has 0 rings (SSSR count). The van der Waals surface area contributed by atoms with Crippen LogP contribution in [0.3, 0.4) is 0 Å². The summed E-state index contributed by atoms with van der Waals surface area (Å²) >= 11 is 1.48. The van der Waals surface area contributed by atoms with Crippen LogP contribution in [-0.2, 0) is 19.2 Å². The molecule has 28 heavy (non-hydrogen) atoms. The van der Waals surface area contributed by atoms with Crippen molar-refractivity contribution in [1.29, 1.82) is 0 Å². The highest BCUT2D eigenvalue weighted by Crippen LogP contribution is 2.07. The van der Waals surface area contributed by atoms with Gasteiger partial charge in [-0.15, -0.1) is 0 Å². The third-order valence-electron chi connectivity index (χ3n) is 4.04. The molecule has 162 valence electrons. The number of nitrogens with two attached hydrogens (primary N) is 1. The van der Waals surface area contributed by atoms with Gasteiger partial charge in [0, 0.05) is 0 Å². The van der Waals surface area contributed by atoms with Crippen LogP contribution in [0.1, 0.15) is 34.1 Å². The van der Waals surface area contributed by atoms with Gasteiger partial charge in [-0.1, -0.05) is 13.8 Å². The van der Waals surface area contributed by atoms with E-state index in [0.717, 1.165) is 0 Å². The van der Waals surface area contributed by atoms with Gasteiger partial charge in [-0.2, -0.15) is 11.8 Å². The second-order valence-corrected chi connectivity index (χ2v) is 7.89. The van der Waals surface area contributed by atoms with Gasteiger partial charge in [-0.25, -0.2) is 0 Å². The second-order valence-electron chi connectivity index (χ2n) is 6.91. The van der Waals surface area contributed by atoms with E-state index in [2.05, 4.69) is 16.0 Å². The van der Waals surface area contributed by atoms with Crippen LogP contribution >= 0.6 is 11.8 Å². The molecule has 5 atom stereocenters. The van der Waals surface area contributed by atoms with Crippen LogP contribution in [-0.4, -0.2) is 76.2 Å². The van der Waals surface area contributed by atoms with E-state index in [4.69, 9.17) is 10.8 Å². The lowest BCUT2D eigenvalue weighted by Crippen LogP contribution is -2.59. The Morgan fingerprint density at radius 3 is 1.96 bits per heavy atom. The van der Waals surface area contributed by atoms with Crippen LogP contribution in [0, 0.1) is 5.92 Å². The third-order valence-corrected chi connectivity index (χ3v) is 4.69. The Kier molecular flexibility index (Phi) is 11.7. The van der Waals surface area contributed by atoms with Gasteiger partial charge in [-0.05, 0) is 38.2 Å². The minimum atomic E-state index is -1.19. The summed E-state index contributed by atoms with van der Waals surface area (Å²) in [6.07, 6.45) is 1.05. The Labute approximate surface area is 169 Å². The lowest BCUT2D eigenvalue weighted by Gasteiger charge is -2.26. The van der Waals surface area contributed by atoms with Crippen LogP contribution in [0.4, 0.5) is 0 Å². The standard InChI is InChI=1S/C17H32N4O6S/c1-8(2)13(16(25)19-9(3)17(26)27)21-14(23)11(6-7-28-5)20-15(24)12(18)10(4)22/h8-13,22H,6-7,18H2,1-5H3,(H,19,25)(H,20,24)(H,21,23)(H,26,27). The summed E-state index contributed by atoms with van der Waals surface area (Å²) in [5, 5.41) is 25.8. The Hall–Kier alpha value is -1.85. The van der Waals surface area contributed by atoms with Crippen molar-refractivity contribution in [2.45, 2.75) is 64.4 Å². The number of aliphatic hydroxyl groups excluding tert-OH is 1. The molecule has 0 aliphatic carbocycles. The van der Waals surface area contributed by atoms with Crippen molar-refractivity contribution in [3.8, 4) is 0 Å². The van der Waals surface area contributed by atoms with E-state index in [1.807, 2.05) is 6.26 Å². The minimum Gasteiger partial charge on any atom is -0.480 e. The molecule has 5 unspecified atom stereocenters. The molecule has 0 saturated carbocycles. The van der Waals surface area contributed by atoms with Gasteiger partial charge in [0.25, 0.3) is 0 Å². The average molecular weight is 421 g/mol. The normalized spacial score (nSPS) is 16.4. The number of hydrogen-bond donors (Lipinski definition) is 6. The molecule has 0 aromatic rings. The predicted molar refractivity (Wildman–Crippen MR) is 107 cm³/mol. The molecule has 0 fully saturated rings. The lowest BCUT2D eigenvalue weighted by molar-refractivity contribution is -0.142. The predicted octanol–water partition coefficient (Wildman–Crippen LogP) is -1.34. The van der Waals surface area contributed by atoms with Gasteiger partial charge in [0.05, 0.1) is 6.10 Å². The molecule has 0 heterocycles. The first kappa shape index (κ1) is 26.1. The van der Waals surface area contributed by atoms with Crippen molar-refractivity contribution in [2.24, 2.45) is 11.7 Å². The fourth-order valence-electron chi connectivity index (χ4n) is 2.15. The van der Waals surface area contributed by atoms with Gasteiger partial charge >= 0.3 is 5.97 Å². The van der Waals surface area contributed by atoms with Gasteiger partial charge < -0.3 is 31.9 Å². The van der Waals surface area contributed by atoms with E-state index in [9.17, 15) is 24.3 Å². The third kappa shape index (κ3) is 8.89. The van der Waals surface area contributed by atoms with Crippen molar-refractivity contribution < 1.29 is 29.4 Å². The Morgan fingerprint density at radius 2 is 1.54 bits per heavy atom. The summed E-state index contributed by atoms with van der Waals surface area (Å²) in [4.78, 5) is 48.1. The molecule has 11 heteroatoms. The topological polar surface area (TPSA) is 171 Å². The summed E-state index contributed by atoms with van der Waals surface area (Å²) in [7, 11) is 0. The Morgan fingerprint density at radius 1 is 0.964 bits per heavy atom. The number of aliphatic carboxylic acids is 1. The summed E-state index contributed by atoms with van der Waals surface area (Å²) in [5.41, 5.74) is 5.60. The number of carbonyl (C=O) groups excluding carboxylic acids is 3. The Bertz CT molecular complexity index is 558. The monoisotopic (exact) mass is 420 g/mol. The summed E-state index contributed by atoms with van der Waals surface area (Å²) in [5.74, 6) is -2.84. The number of aliphatic hydroxyl groups is 1. The molecule has 10 nitrogen and oxygen atoms in total. The summed E-state index contributed by atoms with van der Waals surface area (Å²) in [6.45, 7) is 6.09. The molecule has 3 amide bonds. The molecule has 0 aliphatic rings. The fourth-order valence-corrected chi connectivity index (χ4v) is 2.62. The van der Waals surface area contributed by atoms with Gasteiger partial charge in [0.2, 0.25) is 17.7 Å². The van der Waals surface area contributed by atoms with Crippen molar-refractivity contribution in [2.75, 3.05) is 12.0 Å². The zero-order chi connectivity index (χ0) is 22.0. The summed E-state index contributed by atoms with van der Waals surface area (Å²) in [6, 6.07) is -4.23. The van der Waals surface area contributed by atoms with Gasteiger partial charge in [-0.3, -0.25) is 19.2 Å². The second kappa shape index (κ2) is 12.6. The molecule has 0 spiro atoms. The fraction of sp³-hybridized carbons (Fsp3) is 0.765. The molecule has 0 bridgehead atoms. The number of carboxylic acids is 1. The maximum absolute atomic E-state index is 12.7. The highest BCUT2D eigenvalue weighted by molar-refractivity contribution is 7.98. The van der Waals surface area contributed by atoms with E-state index >= 15 is 0 Å². The van der Waals surface area contributed by atoms with Gasteiger partial charge in [0.15, 0.2) is 0 Å². The smallest absolute Gasteiger partial charge is 0.325 e. The highest BCUT2D eigenvalue weighted by atomic mass is 32.2. The van der Waals surface area contributed by atoms with E-state index in [0.29, 0.717) is 12.2 Å². The van der Waals surface area contributed by atoms with Crippen molar-refractivity contribution >= 4 is 35.5 Å². The Balaban J connectivity index is 5.23. The number of carbonyl (C=O) groups is 4. The zero-order valence-corrected chi connectivity index (χ0v) is 17.7. The van der Waals surface area contributed by atoms with Crippen LogP contribution in [0.2, 0.25) is 0 Å². The molecule has 0 aromatic carbocycles. The number of carboxylic acid groups (broad SMARTS) is 1. The van der Waals surface area contributed by atoms with Crippen LogP contribution in [0.25, 0.3) is 0 Å². The quantitative estimate of drug-likeness (QED) is 0.225. The zero-order valence-electron chi connectivity index (χ0n) is 16.9. The molecular formula is C17H32N4O6S. The van der Waals surface area contributed by atoms with Gasteiger partial charge in [0.1, 0.15) is 24.2 Å². The van der Waals surface area contributed by atoms with E-state index in [-0.39, 0.29) is 5.92 Å². The molecule has 0 radical (unpaired) electrons. The van der Waals surface area contributed by atoms with Crippen LogP contribution in [0.5, 0.6) is 0 Å². The number of thioether (sulfide) groups is 1. The first-order valence-corrected chi connectivity index (χ1v) is 10.4. The highest BCUT2D eigenvalue weighted by Gasteiger charge is 2.31. The SMILES string of the molecule is CSCCC(NC(=O)C(N)C(C)O)C(=O)NC(C(=O)NC(C)C(=O)O)C(C)C. The van der Waals surface area contributed by atoms with Crippen molar-refractivity contribution in [1.82, 2.24) is 16.0 Å². The van der Waals surface area contributed by atoms with Crippen LogP contribution < -0.4 is 21.7 Å². The first-order chi connectivity index (χ1) is 12.9. The lowest BCUT2D eigenvalue weighted by atomic mass is 10.0. The van der Waals surface area contributed by atoms with E-state index in [1.54, 1.807) is 13.8 Å². The van der Waals surface area contributed by atoms with E-state index < -0.39 is 54.0 Å². The molecule has 0 aliphatic heterocycles. The maximum atomic E-state index is 12.7. The molecular weight excluding hydrogens is 388 g/mol. The van der Waals surface area contributed by atoms with Crippen LogP contribution in [0.15, 0.2) is 0 Å². The van der Waals surface area contributed by atoms with Crippen molar-refractivity contribution in [3.05, 3.63) is 0 Å². The average Bonchev–Trinajstić information content (AvgIpc) is 2.61. The number of nitrogens with one attached hydrogen (secondary N) is 3. The molecule has 0 saturated heterocycles. The first-order valence-electron chi connectivity index (χ1n) is 8.98. The van der Waals surface area contributed by atoms with E-state index in [1.165, 1.54) is 25.6 Å². The molecule has 7 N–H and O–H groups in total. The number of rotatable bonds is 12. The minimum absolute atomic E-state index is 0.295. The number of hydrogen-bond acceptors (Lipinski definition) is 7.